The van der Waals surface area contributed by atoms with E-state index in [0.717, 1.165) is 0 Å². The quantitative estimate of drug-likeness (QED) is 0.810. The van der Waals surface area contributed by atoms with Gasteiger partial charge in [-0.3, -0.25) is 0 Å². The predicted octanol–water partition coefficient (Wildman–Crippen LogP) is 4.37. The third-order valence-electron chi connectivity index (χ3n) is 2.61. The Balaban J connectivity index is 2.25. The van der Waals surface area contributed by atoms with Crippen molar-refractivity contribution in [3.8, 4) is 0 Å². The van der Waals surface area contributed by atoms with Crippen LogP contribution in [0.3, 0.4) is 0 Å². The molecule has 3 nitrogen and oxygen atoms in total. The van der Waals surface area contributed by atoms with Gasteiger partial charge in [0.25, 0.3) is 0 Å². The molecule has 0 amide bonds. The number of hydrogen-bond acceptors (Lipinski definition) is 2. The number of rotatable bonds is 4. The minimum absolute atomic E-state index is 0.00529. The Bertz CT molecular complexity index is 743. The highest BCUT2D eigenvalue weighted by Crippen LogP contribution is 2.32. The van der Waals surface area contributed by atoms with Crippen LogP contribution in [0, 0.1) is 5.82 Å². The molecule has 0 saturated carbocycles. The maximum Gasteiger partial charge on any atom is 0.243 e. The molecule has 0 saturated heterocycles. The summed E-state index contributed by atoms with van der Waals surface area (Å²) in [6, 6.07) is 8.37. The van der Waals surface area contributed by atoms with Crippen molar-refractivity contribution in [1.82, 2.24) is 4.72 Å². The molecule has 0 spiro atoms. The van der Waals surface area contributed by atoms with Gasteiger partial charge in [0.1, 0.15) is 10.7 Å². The Kier molecular flexibility index (Phi) is 5.27. The van der Waals surface area contributed by atoms with Crippen molar-refractivity contribution in [3.63, 3.8) is 0 Å². The highest BCUT2D eigenvalue weighted by Gasteiger charge is 2.22. The minimum Gasteiger partial charge on any atom is -0.207 e. The van der Waals surface area contributed by atoms with Crippen LogP contribution in [0.2, 0.25) is 10.0 Å². The van der Waals surface area contributed by atoms with Crippen LogP contribution in [0.4, 0.5) is 4.39 Å². The molecule has 0 radical (unpaired) electrons. The summed E-state index contributed by atoms with van der Waals surface area (Å²) >= 11 is 15.1. The minimum atomic E-state index is -3.88. The molecule has 0 aliphatic heterocycles. The van der Waals surface area contributed by atoms with Gasteiger partial charge in [0, 0.05) is 11.0 Å². The van der Waals surface area contributed by atoms with E-state index in [0.29, 0.717) is 10.0 Å². The lowest BCUT2D eigenvalue weighted by atomic mass is 10.2. The summed E-state index contributed by atoms with van der Waals surface area (Å²) in [6.07, 6.45) is 0. The third kappa shape index (κ3) is 4.17. The molecular formula is C13H9BrCl2FNO2S. The van der Waals surface area contributed by atoms with Crippen molar-refractivity contribution in [2.75, 3.05) is 0 Å². The number of hydrogen-bond donors (Lipinski definition) is 1. The summed E-state index contributed by atoms with van der Waals surface area (Å²) in [5, 5.41) is 0.0296. The highest BCUT2D eigenvalue weighted by atomic mass is 79.9. The average Bonchev–Trinajstić information content (AvgIpc) is 2.36. The second-order valence-corrected chi connectivity index (χ2v) is 7.58. The zero-order valence-corrected chi connectivity index (χ0v) is 14.3. The molecular weight excluding hydrogens is 404 g/mol. The van der Waals surface area contributed by atoms with Gasteiger partial charge < -0.3 is 0 Å². The first-order chi connectivity index (χ1) is 9.79. The average molecular weight is 413 g/mol. The van der Waals surface area contributed by atoms with Crippen LogP contribution in [-0.2, 0) is 16.6 Å². The highest BCUT2D eigenvalue weighted by molar-refractivity contribution is 9.10. The van der Waals surface area contributed by atoms with Gasteiger partial charge in [-0.25, -0.2) is 17.5 Å². The molecule has 0 aliphatic rings. The Morgan fingerprint density at radius 1 is 1.10 bits per heavy atom. The van der Waals surface area contributed by atoms with Gasteiger partial charge in [-0.1, -0.05) is 51.3 Å². The van der Waals surface area contributed by atoms with Crippen molar-refractivity contribution >= 4 is 49.2 Å². The van der Waals surface area contributed by atoms with Crippen LogP contribution in [0.15, 0.2) is 45.8 Å². The second kappa shape index (κ2) is 6.62. The Morgan fingerprint density at radius 2 is 1.62 bits per heavy atom. The molecule has 0 fully saturated rings. The Labute approximate surface area is 140 Å². The molecule has 0 aromatic heterocycles. The van der Waals surface area contributed by atoms with Gasteiger partial charge in [0.15, 0.2) is 0 Å². The molecule has 112 valence electrons. The van der Waals surface area contributed by atoms with Gasteiger partial charge >= 0.3 is 0 Å². The smallest absolute Gasteiger partial charge is 0.207 e. The maximum absolute atomic E-state index is 12.8. The topological polar surface area (TPSA) is 46.2 Å². The molecule has 2 aromatic carbocycles. The largest absolute Gasteiger partial charge is 0.243 e. The normalized spacial score (nSPS) is 11.6. The fraction of sp³-hybridized carbons (Fsp3) is 0.0769. The number of halogens is 4. The molecule has 0 aliphatic carbocycles. The first-order valence-electron chi connectivity index (χ1n) is 5.68. The summed E-state index contributed by atoms with van der Waals surface area (Å²) in [6.45, 7) is 0.00529. The van der Waals surface area contributed by atoms with E-state index in [1.165, 1.54) is 36.4 Å². The van der Waals surface area contributed by atoms with Crippen molar-refractivity contribution < 1.29 is 12.8 Å². The summed E-state index contributed by atoms with van der Waals surface area (Å²) < 4.78 is 40.3. The summed E-state index contributed by atoms with van der Waals surface area (Å²) in [5.74, 6) is -0.388. The fourth-order valence-corrected chi connectivity index (χ4v) is 4.59. The van der Waals surface area contributed by atoms with E-state index in [-0.39, 0.29) is 27.3 Å². The van der Waals surface area contributed by atoms with Gasteiger partial charge in [0.2, 0.25) is 10.0 Å². The molecule has 2 aromatic rings. The lowest BCUT2D eigenvalue weighted by Crippen LogP contribution is -2.24. The van der Waals surface area contributed by atoms with E-state index >= 15 is 0 Å². The van der Waals surface area contributed by atoms with E-state index < -0.39 is 10.0 Å². The summed E-state index contributed by atoms with van der Waals surface area (Å²) in [4.78, 5) is -0.184. The zero-order valence-electron chi connectivity index (χ0n) is 10.4. The van der Waals surface area contributed by atoms with Crippen LogP contribution < -0.4 is 4.72 Å². The second-order valence-electron chi connectivity index (χ2n) is 4.15. The number of nitrogens with one attached hydrogen (secondary N) is 1. The molecule has 8 heteroatoms. The molecule has 1 N–H and O–H groups in total. The van der Waals surface area contributed by atoms with E-state index in [4.69, 9.17) is 23.2 Å². The van der Waals surface area contributed by atoms with E-state index in [2.05, 4.69) is 20.7 Å². The van der Waals surface area contributed by atoms with Crippen molar-refractivity contribution in [1.29, 1.82) is 0 Å². The standard InChI is InChI=1S/C13H9BrCl2FNO2S/c14-9-5-11(15)13(12(16)6-9)21(19,20)18-7-8-1-3-10(17)4-2-8/h1-6,18H,7H2. The SMILES string of the molecule is O=S(=O)(NCc1ccc(F)cc1)c1c(Cl)cc(Br)cc1Cl. The molecule has 0 bridgehead atoms. The predicted molar refractivity (Wildman–Crippen MR) is 84.6 cm³/mol. The summed E-state index contributed by atoms with van der Waals surface area (Å²) in [7, 11) is -3.88. The van der Waals surface area contributed by atoms with Gasteiger partial charge in [0.05, 0.1) is 10.0 Å². The lowest BCUT2D eigenvalue weighted by Gasteiger charge is -2.10. The van der Waals surface area contributed by atoms with E-state index in [1.54, 1.807) is 0 Å². The van der Waals surface area contributed by atoms with Crippen LogP contribution >= 0.6 is 39.1 Å². The van der Waals surface area contributed by atoms with Crippen LogP contribution in [0.1, 0.15) is 5.56 Å². The van der Waals surface area contributed by atoms with Gasteiger partial charge in [-0.15, -0.1) is 0 Å². The lowest BCUT2D eigenvalue weighted by molar-refractivity contribution is 0.581. The van der Waals surface area contributed by atoms with E-state index in [9.17, 15) is 12.8 Å². The molecule has 21 heavy (non-hydrogen) atoms. The van der Waals surface area contributed by atoms with Gasteiger partial charge in [-0.05, 0) is 29.8 Å². The van der Waals surface area contributed by atoms with Crippen LogP contribution in [0.25, 0.3) is 0 Å². The first kappa shape index (κ1) is 16.7. The van der Waals surface area contributed by atoms with E-state index in [1.807, 2.05) is 0 Å². The summed E-state index contributed by atoms with van der Waals surface area (Å²) in [5.41, 5.74) is 0.615. The zero-order chi connectivity index (χ0) is 15.6. The van der Waals surface area contributed by atoms with Crippen molar-refractivity contribution in [3.05, 3.63) is 62.3 Å². The third-order valence-corrected chi connectivity index (χ3v) is 5.39. The molecule has 0 heterocycles. The van der Waals surface area contributed by atoms with Crippen LogP contribution in [0.5, 0.6) is 0 Å². The Morgan fingerprint density at radius 3 is 2.14 bits per heavy atom. The monoisotopic (exact) mass is 411 g/mol. The van der Waals surface area contributed by atoms with Crippen molar-refractivity contribution in [2.45, 2.75) is 11.4 Å². The number of benzene rings is 2. The molecule has 0 atom stereocenters. The Hall–Kier alpha value is -0.660. The first-order valence-corrected chi connectivity index (χ1v) is 8.71. The molecule has 2 rings (SSSR count). The van der Waals surface area contributed by atoms with Crippen molar-refractivity contribution in [2.24, 2.45) is 0 Å². The van der Waals surface area contributed by atoms with Gasteiger partial charge in [-0.2, -0.15) is 0 Å². The maximum atomic E-state index is 12.8. The van der Waals surface area contributed by atoms with Crippen LogP contribution in [-0.4, -0.2) is 8.42 Å². The fourth-order valence-electron chi connectivity index (χ4n) is 1.64. The number of sulfonamides is 1. The molecule has 0 unspecified atom stereocenters.